The molecule has 2 N–H and O–H groups in total. The standard InChI is InChI=1S/C51H50Cl2F2N4O9S/c52-41-27-59(64)28-42(53)39(41)25-40(35-14-15-43(67-49(54)55)44(24-35)65-30-31-12-13-31)51(48(61)62)58(20-21-69-51)26-32-6-4-10-37(22-32)47(60)66-38-11-5-9-36(23-38)46(34-7-2-1-3-8-34)56-50(63)68-45-29-57-18-16-33(45)17-19-57/h1-11,14-15,22-24,27-28,31,33,40,45-46,49H,12-13,16-21,25-26,29-30H2,(H,56,63)(H,61,62)/t40-,45-,46-,51-/m0/s1. The van der Waals surface area contributed by atoms with Crippen LogP contribution in [0.25, 0.3) is 0 Å². The van der Waals surface area contributed by atoms with E-state index >= 15 is 0 Å². The van der Waals surface area contributed by atoms with Crippen LogP contribution in [-0.2, 0) is 22.5 Å². The fourth-order valence-electron chi connectivity index (χ4n) is 9.66. The van der Waals surface area contributed by atoms with Crippen molar-refractivity contribution in [1.29, 1.82) is 0 Å². The Kier molecular flexibility index (Phi) is 14.8. The number of nitrogens with zero attached hydrogens (tertiary/aromatic N) is 3. The van der Waals surface area contributed by atoms with Crippen LogP contribution < -0.4 is 24.3 Å². The smallest absolute Gasteiger partial charge is 0.408 e. The number of carbonyl (C=O) groups is 3. The van der Waals surface area contributed by atoms with Crippen LogP contribution in [0.2, 0.25) is 10.0 Å². The normalized spacial score (nSPS) is 21.9. The number of ether oxygens (including phenoxy) is 4. The number of piperidine rings is 3. The number of hydrogen-bond acceptors (Lipinski definition) is 11. The van der Waals surface area contributed by atoms with E-state index < -0.39 is 41.5 Å². The maximum absolute atomic E-state index is 14.0. The summed E-state index contributed by atoms with van der Waals surface area (Å²) in [7, 11) is 0. The van der Waals surface area contributed by atoms with E-state index in [1.165, 1.54) is 30.0 Å². The fraction of sp³-hybridized carbons (Fsp3) is 0.373. The van der Waals surface area contributed by atoms with E-state index in [0.29, 0.717) is 45.2 Å². The molecule has 2 bridgehead atoms. The molecule has 362 valence electrons. The molecule has 4 aliphatic heterocycles. The molecule has 0 spiro atoms. The largest absolute Gasteiger partial charge is 0.619 e. The number of hydrogen-bond donors (Lipinski definition) is 2. The summed E-state index contributed by atoms with van der Waals surface area (Å²) in [6.07, 6.45) is 5.35. The fourth-order valence-corrected chi connectivity index (χ4v) is 11.8. The van der Waals surface area contributed by atoms with Crippen molar-refractivity contribution < 1.29 is 51.9 Å². The van der Waals surface area contributed by atoms with Gasteiger partial charge in [-0.15, -0.1) is 11.8 Å². The van der Waals surface area contributed by atoms with Crippen molar-refractivity contribution in [1.82, 2.24) is 15.1 Å². The zero-order valence-corrected chi connectivity index (χ0v) is 39.6. The molecule has 5 fully saturated rings. The molecule has 4 atom stereocenters. The molecular formula is C51H50Cl2F2N4O9S. The number of amides is 1. The van der Waals surface area contributed by atoms with Crippen molar-refractivity contribution in [2.24, 2.45) is 11.8 Å². The molecular weight excluding hydrogens is 954 g/mol. The summed E-state index contributed by atoms with van der Waals surface area (Å²) in [4.78, 5) is 43.7. The molecule has 13 nitrogen and oxygen atoms in total. The van der Waals surface area contributed by atoms with Gasteiger partial charge in [0, 0.05) is 36.9 Å². The molecule has 4 aromatic carbocycles. The summed E-state index contributed by atoms with van der Waals surface area (Å²) in [5.41, 5.74) is 3.04. The Morgan fingerprint density at radius 1 is 0.870 bits per heavy atom. The number of alkyl halides is 2. The summed E-state index contributed by atoms with van der Waals surface area (Å²) in [6.45, 7) is 0.275. The van der Waals surface area contributed by atoms with E-state index in [9.17, 15) is 33.5 Å². The molecule has 1 aromatic heterocycles. The van der Waals surface area contributed by atoms with Crippen LogP contribution in [0.5, 0.6) is 17.2 Å². The number of carbonyl (C=O) groups excluding carboxylic acids is 2. The summed E-state index contributed by atoms with van der Waals surface area (Å²) in [5, 5.41) is 26.8. The SMILES string of the molecule is O=C(N[C@@H](c1ccccc1)c1cccc(OC(=O)c2cccc(CN3CCS[C@]3(C(=O)O)[C@@H](Cc3c(Cl)c[n+]([O-])cc3Cl)c3ccc(OC(F)F)c(OCC4CC4)c3)c2)c1)O[C@H]1CN2CCC1CC2. The Balaban J connectivity index is 0.969. The molecule has 1 amide bonds. The number of rotatable bonds is 18. The number of aromatic nitrogens is 1. The average Bonchev–Trinajstić information content (AvgIpc) is 4.08. The van der Waals surface area contributed by atoms with Gasteiger partial charge in [-0.05, 0) is 116 Å². The van der Waals surface area contributed by atoms with Crippen LogP contribution in [0, 0.1) is 17.0 Å². The van der Waals surface area contributed by atoms with Crippen LogP contribution in [0.4, 0.5) is 13.6 Å². The van der Waals surface area contributed by atoms with Gasteiger partial charge in [-0.1, -0.05) is 83.9 Å². The van der Waals surface area contributed by atoms with Crippen LogP contribution >= 0.6 is 35.0 Å². The molecule has 5 aliphatic rings. The first-order valence-corrected chi connectivity index (χ1v) is 24.6. The second-order valence-corrected chi connectivity index (χ2v) is 20.0. The van der Waals surface area contributed by atoms with Gasteiger partial charge in [-0.25, -0.2) is 14.4 Å². The highest BCUT2D eigenvalue weighted by atomic mass is 35.5. The van der Waals surface area contributed by atoms with Gasteiger partial charge in [0.25, 0.3) is 0 Å². The molecule has 0 radical (unpaired) electrons. The van der Waals surface area contributed by atoms with Crippen molar-refractivity contribution in [2.45, 2.75) is 68.2 Å². The lowest BCUT2D eigenvalue weighted by molar-refractivity contribution is -0.605. The highest BCUT2D eigenvalue weighted by Gasteiger charge is 2.55. The van der Waals surface area contributed by atoms with Crippen LogP contribution in [0.1, 0.15) is 75.8 Å². The van der Waals surface area contributed by atoms with Gasteiger partial charge >= 0.3 is 24.6 Å². The number of esters is 1. The van der Waals surface area contributed by atoms with Crippen LogP contribution in [-0.4, -0.2) is 89.1 Å². The highest BCUT2D eigenvalue weighted by molar-refractivity contribution is 8.01. The molecule has 1 aliphatic carbocycles. The second-order valence-electron chi connectivity index (χ2n) is 17.9. The molecule has 5 heterocycles. The number of fused-ring (bicyclic) bond motifs is 3. The van der Waals surface area contributed by atoms with Crippen molar-refractivity contribution in [2.75, 3.05) is 38.5 Å². The molecule has 10 rings (SSSR count). The number of halogens is 4. The Hall–Kier alpha value is -5.65. The number of benzene rings is 4. The van der Waals surface area contributed by atoms with Gasteiger partial charge in [0.2, 0.25) is 0 Å². The number of aliphatic carboxylic acids is 1. The third kappa shape index (κ3) is 11.2. The molecule has 0 unspecified atom stereocenters. The molecule has 5 aromatic rings. The molecule has 69 heavy (non-hydrogen) atoms. The van der Waals surface area contributed by atoms with E-state index in [2.05, 4.69) is 10.2 Å². The number of pyridine rings is 1. The molecule has 4 saturated heterocycles. The minimum absolute atomic E-state index is 0.0196. The summed E-state index contributed by atoms with van der Waals surface area (Å²) in [5.74, 6) is -1.72. The minimum Gasteiger partial charge on any atom is -0.619 e. The van der Waals surface area contributed by atoms with E-state index in [1.807, 2.05) is 36.4 Å². The van der Waals surface area contributed by atoms with E-state index in [0.717, 1.165) is 63.3 Å². The quantitative estimate of drug-likeness (QED) is 0.0372. The number of nitrogens with one attached hydrogen (secondary N) is 1. The maximum atomic E-state index is 14.0. The first-order chi connectivity index (χ1) is 33.3. The zero-order valence-electron chi connectivity index (χ0n) is 37.3. The van der Waals surface area contributed by atoms with Crippen molar-refractivity contribution in [3.63, 3.8) is 0 Å². The topological polar surface area (TPSA) is 154 Å². The van der Waals surface area contributed by atoms with Crippen molar-refractivity contribution >= 4 is 53.0 Å². The van der Waals surface area contributed by atoms with Crippen LogP contribution in [0.3, 0.4) is 0 Å². The van der Waals surface area contributed by atoms with Gasteiger partial charge in [0.1, 0.15) is 21.9 Å². The maximum Gasteiger partial charge on any atom is 0.408 e. The number of carboxylic acids is 1. The van der Waals surface area contributed by atoms with Crippen molar-refractivity contribution in [3.05, 3.63) is 158 Å². The lowest BCUT2D eigenvalue weighted by Crippen LogP contribution is -2.53. The lowest BCUT2D eigenvalue weighted by Gasteiger charge is -2.43. The van der Waals surface area contributed by atoms with Crippen molar-refractivity contribution in [3.8, 4) is 17.2 Å². The summed E-state index contributed by atoms with van der Waals surface area (Å²) >= 11 is 14.4. The first-order valence-electron chi connectivity index (χ1n) is 22.9. The predicted octanol–water partition coefficient (Wildman–Crippen LogP) is 9.50. The molecule has 1 saturated carbocycles. The third-order valence-corrected chi connectivity index (χ3v) is 15.5. The highest BCUT2D eigenvalue weighted by Crippen LogP contribution is 2.51. The van der Waals surface area contributed by atoms with E-state index in [-0.39, 0.29) is 64.5 Å². The van der Waals surface area contributed by atoms with E-state index in [1.54, 1.807) is 47.4 Å². The van der Waals surface area contributed by atoms with Gasteiger partial charge in [0.05, 0.1) is 18.2 Å². The minimum atomic E-state index is -3.13. The Morgan fingerprint density at radius 3 is 2.30 bits per heavy atom. The van der Waals surface area contributed by atoms with Gasteiger partial charge in [-0.3, -0.25) is 9.80 Å². The third-order valence-electron chi connectivity index (χ3n) is 13.3. The first kappa shape index (κ1) is 48.4. The van der Waals surface area contributed by atoms with E-state index in [4.69, 9.17) is 42.1 Å². The van der Waals surface area contributed by atoms with Crippen LogP contribution in [0.15, 0.2) is 109 Å². The van der Waals surface area contributed by atoms with Gasteiger partial charge in [-0.2, -0.15) is 13.5 Å². The second kappa shape index (κ2) is 21.1. The Morgan fingerprint density at radius 2 is 1.61 bits per heavy atom. The number of carboxylic acid groups (broad SMARTS) is 1. The monoisotopic (exact) mass is 1000 g/mol. The number of thioether (sulfide) groups is 1. The summed E-state index contributed by atoms with van der Waals surface area (Å²) < 4.78 is 50.4. The average molecular weight is 1000 g/mol. The molecule has 18 heteroatoms. The van der Waals surface area contributed by atoms with Gasteiger partial charge < -0.3 is 34.6 Å². The Bertz CT molecular complexity index is 2650. The predicted molar refractivity (Wildman–Crippen MR) is 255 cm³/mol. The Labute approximate surface area is 412 Å². The summed E-state index contributed by atoms with van der Waals surface area (Å²) in [6, 6.07) is 26.9. The number of alkyl carbamates (subject to hydrolysis) is 1. The lowest BCUT2D eigenvalue weighted by atomic mass is 9.84. The zero-order chi connectivity index (χ0) is 48.2. The van der Waals surface area contributed by atoms with Gasteiger partial charge in [0.15, 0.2) is 28.8 Å².